The standard InChI is InChI=1S/C20H17NO2/c1-23-20(22)18-13-12-16(15-8-4-2-5-9-15)14-19(18)21-17-10-6-3-7-11-17/h2-14,21H,1H3. The van der Waals surface area contributed by atoms with Crippen molar-refractivity contribution >= 4 is 17.3 Å². The topological polar surface area (TPSA) is 38.3 Å². The molecule has 3 heteroatoms. The van der Waals surface area contributed by atoms with Gasteiger partial charge in [-0.3, -0.25) is 0 Å². The summed E-state index contributed by atoms with van der Waals surface area (Å²) in [7, 11) is 1.39. The second kappa shape index (κ2) is 6.79. The molecule has 3 aromatic carbocycles. The van der Waals surface area contributed by atoms with Crippen molar-refractivity contribution in [1.82, 2.24) is 0 Å². The van der Waals surface area contributed by atoms with Gasteiger partial charge in [0, 0.05) is 5.69 Å². The van der Waals surface area contributed by atoms with E-state index in [0.29, 0.717) is 5.56 Å². The molecule has 0 aliphatic carbocycles. The highest BCUT2D eigenvalue weighted by Gasteiger charge is 2.13. The highest BCUT2D eigenvalue weighted by molar-refractivity contribution is 5.97. The molecule has 0 spiro atoms. The molecule has 0 unspecified atom stereocenters. The van der Waals surface area contributed by atoms with Gasteiger partial charge in [0.2, 0.25) is 0 Å². The number of ether oxygens (including phenoxy) is 1. The van der Waals surface area contributed by atoms with Crippen LogP contribution in [-0.2, 0) is 4.74 Å². The number of benzene rings is 3. The smallest absolute Gasteiger partial charge is 0.339 e. The van der Waals surface area contributed by atoms with E-state index >= 15 is 0 Å². The molecule has 0 amide bonds. The van der Waals surface area contributed by atoms with E-state index in [9.17, 15) is 4.79 Å². The van der Waals surface area contributed by atoms with Crippen LogP contribution >= 0.6 is 0 Å². The number of hydrogen-bond acceptors (Lipinski definition) is 3. The Balaban J connectivity index is 2.04. The Bertz CT molecular complexity index is 798. The highest BCUT2D eigenvalue weighted by atomic mass is 16.5. The SMILES string of the molecule is COC(=O)c1ccc(-c2ccccc2)cc1Nc1ccccc1. The van der Waals surface area contributed by atoms with Crippen molar-refractivity contribution < 1.29 is 9.53 Å². The van der Waals surface area contributed by atoms with Gasteiger partial charge in [0.05, 0.1) is 18.4 Å². The first-order valence-electron chi connectivity index (χ1n) is 7.38. The van der Waals surface area contributed by atoms with Gasteiger partial charge in [0.15, 0.2) is 0 Å². The van der Waals surface area contributed by atoms with Crippen LogP contribution in [0.1, 0.15) is 10.4 Å². The zero-order valence-corrected chi connectivity index (χ0v) is 12.8. The third-order valence-corrected chi connectivity index (χ3v) is 3.58. The fraction of sp³-hybridized carbons (Fsp3) is 0.0500. The summed E-state index contributed by atoms with van der Waals surface area (Å²) in [6.45, 7) is 0. The van der Waals surface area contributed by atoms with Crippen LogP contribution in [0.4, 0.5) is 11.4 Å². The molecule has 0 saturated heterocycles. The second-order valence-corrected chi connectivity index (χ2v) is 5.11. The number of hydrogen-bond donors (Lipinski definition) is 1. The van der Waals surface area contributed by atoms with Crippen molar-refractivity contribution in [1.29, 1.82) is 0 Å². The van der Waals surface area contributed by atoms with E-state index in [0.717, 1.165) is 22.5 Å². The molecule has 1 N–H and O–H groups in total. The van der Waals surface area contributed by atoms with Crippen LogP contribution in [0.15, 0.2) is 78.9 Å². The minimum Gasteiger partial charge on any atom is -0.465 e. The van der Waals surface area contributed by atoms with Gasteiger partial charge in [-0.15, -0.1) is 0 Å². The number of anilines is 2. The normalized spacial score (nSPS) is 10.1. The predicted octanol–water partition coefficient (Wildman–Crippen LogP) is 4.88. The van der Waals surface area contributed by atoms with Gasteiger partial charge in [-0.05, 0) is 35.4 Å². The number of carbonyl (C=O) groups excluding carboxylic acids is 1. The second-order valence-electron chi connectivity index (χ2n) is 5.11. The van der Waals surface area contributed by atoms with E-state index in [-0.39, 0.29) is 5.97 Å². The Morgan fingerprint density at radius 1 is 0.826 bits per heavy atom. The van der Waals surface area contributed by atoms with Crippen molar-refractivity contribution in [3.05, 3.63) is 84.4 Å². The molecule has 0 heterocycles. The minimum absolute atomic E-state index is 0.358. The first kappa shape index (κ1) is 14.9. The molecule has 0 fully saturated rings. The molecule has 3 aromatic rings. The first-order valence-corrected chi connectivity index (χ1v) is 7.38. The van der Waals surface area contributed by atoms with Crippen LogP contribution in [0.2, 0.25) is 0 Å². The first-order chi connectivity index (χ1) is 11.3. The van der Waals surface area contributed by atoms with E-state index in [2.05, 4.69) is 5.32 Å². The molecule has 3 rings (SSSR count). The Hall–Kier alpha value is -3.07. The third kappa shape index (κ3) is 3.40. The van der Waals surface area contributed by atoms with Gasteiger partial charge < -0.3 is 10.1 Å². The summed E-state index contributed by atoms with van der Waals surface area (Å²) < 4.78 is 4.88. The van der Waals surface area contributed by atoms with Crippen LogP contribution in [0.25, 0.3) is 11.1 Å². The lowest BCUT2D eigenvalue weighted by molar-refractivity contribution is 0.0602. The highest BCUT2D eigenvalue weighted by Crippen LogP contribution is 2.28. The Morgan fingerprint density at radius 2 is 1.48 bits per heavy atom. The predicted molar refractivity (Wildman–Crippen MR) is 92.9 cm³/mol. The monoisotopic (exact) mass is 303 g/mol. The molecule has 3 nitrogen and oxygen atoms in total. The van der Waals surface area contributed by atoms with Gasteiger partial charge in [-0.25, -0.2) is 4.79 Å². The van der Waals surface area contributed by atoms with Gasteiger partial charge in [0.1, 0.15) is 0 Å². The molecular weight excluding hydrogens is 286 g/mol. The third-order valence-electron chi connectivity index (χ3n) is 3.58. The maximum absolute atomic E-state index is 12.0. The van der Waals surface area contributed by atoms with E-state index < -0.39 is 0 Å². The maximum atomic E-state index is 12.0. The Morgan fingerprint density at radius 3 is 2.13 bits per heavy atom. The molecule has 23 heavy (non-hydrogen) atoms. The summed E-state index contributed by atoms with van der Waals surface area (Å²) in [6.07, 6.45) is 0. The van der Waals surface area contributed by atoms with Gasteiger partial charge in [-0.2, -0.15) is 0 Å². The number of rotatable bonds is 4. The van der Waals surface area contributed by atoms with Crippen molar-refractivity contribution in [3.8, 4) is 11.1 Å². The zero-order valence-electron chi connectivity index (χ0n) is 12.8. The van der Waals surface area contributed by atoms with E-state index in [1.165, 1.54) is 7.11 Å². The van der Waals surface area contributed by atoms with E-state index in [4.69, 9.17) is 4.74 Å². The lowest BCUT2D eigenvalue weighted by Crippen LogP contribution is -2.05. The molecule has 0 aliphatic rings. The van der Waals surface area contributed by atoms with Gasteiger partial charge in [0.25, 0.3) is 0 Å². The summed E-state index contributed by atoms with van der Waals surface area (Å²) in [5.41, 5.74) is 4.29. The molecule has 0 radical (unpaired) electrons. The summed E-state index contributed by atoms with van der Waals surface area (Å²) >= 11 is 0. The maximum Gasteiger partial charge on any atom is 0.339 e. The van der Waals surface area contributed by atoms with Crippen LogP contribution in [0.3, 0.4) is 0 Å². The fourth-order valence-corrected chi connectivity index (χ4v) is 2.42. The Kier molecular flexibility index (Phi) is 4.39. The lowest BCUT2D eigenvalue weighted by atomic mass is 10.0. The van der Waals surface area contributed by atoms with Crippen LogP contribution in [0, 0.1) is 0 Å². The van der Waals surface area contributed by atoms with Crippen molar-refractivity contribution in [2.45, 2.75) is 0 Å². The van der Waals surface area contributed by atoms with Gasteiger partial charge >= 0.3 is 5.97 Å². The average molecular weight is 303 g/mol. The van der Waals surface area contributed by atoms with Crippen LogP contribution in [-0.4, -0.2) is 13.1 Å². The molecule has 0 bridgehead atoms. The zero-order chi connectivity index (χ0) is 16.1. The average Bonchev–Trinajstić information content (AvgIpc) is 2.62. The summed E-state index contributed by atoms with van der Waals surface area (Å²) in [4.78, 5) is 12.0. The number of nitrogens with one attached hydrogen (secondary N) is 1. The summed E-state index contributed by atoms with van der Waals surface area (Å²) in [5, 5.41) is 3.30. The molecule has 0 aliphatic heterocycles. The molecule has 0 saturated carbocycles. The fourth-order valence-electron chi connectivity index (χ4n) is 2.42. The lowest BCUT2D eigenvalue weighted by Gasteiger charge is -2.13. The summed E-state index contributed by atoms with van der Waals surface area (Å²) in [6, 6.07) is 25.5. The summed E-state index contributed by atoms with van der Waals surface area (Å²) in [5.74, 6) is -0.358. The minimum atomic E-state index is -0.358. The van der Waals surface area contributed by atoms with E-state index in [1.807, 2.05) is 72.8 Å². The quantitative estimate of drug-likeness (QED) is 0.698. The largest absolute Gasteiger partial charge is 0.465 e. The number of methoxy groups -OCH3 is 1. The van der Waals surface area contributed by atoms with Crippen LogP contribution in [0.5, 0.6) is 0 Å². The molecule has 0 atom stereocenters. The van der Waals surface area contributed by atoms with Crippen molar-refractivity contribution in [2.24, 2.45) is 0 Å². The number of esters is 1. The van der Waals surface area contributed by atoms with Crippen molar-refractivity contribution in [3.63, 3.8) is 0 Å². The van der Waals surface area contributed by atoms with E-state index in [1.54, 1.807) is 6.07 Å². The Labute approximate surface area is 135 Å². The molecule has 114 valence electrons. The van der Waals surface area contributed by atoms with Crippen LogP contribution < -0.4 is 5.32 Å². The van der Waals surface area contributed by atoms with Gasteiger partial charge in [-0.1, -0.05) is 54.6 Å². The molecule has 0 aromatic heterocycles. The number of carbonyl (C=O) groups is 1. The molecular formula is C20H17NO2. The number of para-hydroxylation sites is 1. The van der Waals surface area contributed by atoms with Crippen molar-refractivity contribution in [2.75, 3.05) is 12.4 Å².